The molecule has 0 radical (unpaired) electrons. The minimum Gasteiger partial charge on any atom is -0.376 e. The zero-order chi connectivity index (χ0) is 14.2. The van der Waals surface area contributed by atoms with Gasteiger partial charge in [-0.25, -0.2) is 0 Å². The normalized spacial score (nSPS) is 12.3. The van der Waals surface area contributed by atoms with E-state index in [0.29, 0.717) is 19.1 Å². The van der Waals surface area contributed by atoms with E-state index in [2.05, 4.69) is 12.1 Å². The highest BCUT2D eigenvalue weighted by Gasteiger charge is 2.11. The summed E-state index contributed by atoms with van der Waals surface area (Å²) < 4.78 is 5.76. The topological polar surface area (TPSA) is 9.23 Å². The maximum atomic E-state index is 6.17. The van der Waals surface area contributed by atoms with Crippen LogP contribution in [-0.2, 0) is 17.8 Å². The Labute approximate surface area is 130 Å². The Balaban J connectivity index is 1.82. The maximum Gasteiger partial charge on any atom is 0.0717 e. The predicted molar refractivity (Wildman–Crippen MR) is 85.5 cm³/mol. The van der Waals surface area contributed by atoms with E-state index in [1.54, 1.807) is 0 Å². The fourth-order valence-corrected chi connectivity index (χ4v) is 2.46. The van der Waals surface area contributed by atoms with Crippen molar-refractivity contribution in [2.75, 3.05) is 12.5 Å². The molecule has 3 heteroatoms. The SMILES string of the molecule is ClCC(COCc1ccccc1)Cc1ccccc1Cl. The quantitative estimate of drug-likeness (QED) is 0.657. The van der Waals surface area contributed by atoms with Gasteiger partial charge in [-0.05, 0) is 29.5 Å². The molecule has 106 valence electrons. The number of ether oxygens (including phenoxy) is 1. The molecule has 0 aliphatic carbocycles. The van der Waals surface area contributed by atoms with Crippen LogP contribution in [0.2, 0.25) is 5.02 Å². The third kappa shape index (κ3) is 4.82. The monoisotopic (exact) mass is 308 g/mol. The fourth-order valence-electron chi connectivity index (χ4n) is 2.05. The number of alkyl halides is 1. The molecule has 0 aliphatic rings. The molecule has 0 heterocycles. The van der Waals surface area contributed by atoms with Crippen LogP contribution in [0.4, 0.5) is 0 Å². The zero-order valence-corrected chi connectivity index (χ0v) is 12.8. The molecule has 0 N–H and O–H groups in total. The van der Waals surface area contributed by atoms with Gasteiger partial charge in [0.25, 0.3) is 0 Å². The van der Waals surface area contributed by atoms with Gasteiger partial charge in [0.15, 0.2) is 0 Å². The van der Waals surface area contributed by atoms with Crippen LogP contribution in [0.5, 0.6) is 0 Å². The molecule has 0 amide bonds. The molecule has 0 fully saturated rings. The molecule has 20 heavy (non-hydrogen) atoms. The number of hydrogen-bond donors (Lipinski definition) is 0. The van der Waals surface area contributed by atoms with Gasteiger partial charge in [0, 0.05) is 10.9 Å². The molecule has 2 rings (SSSR count). The van der Waals surface area contributed by atoms with E-state index in [1.165, 1.54) is 5.56 Å². The molecule has 1 nitrogen and oxygen atoms in total. The van der Waals surface area contributed by atoms with Crippen molar-refractivity contribution in [1.82, 2.24) is 0 Å². The third-order valence-electron chi connectivity index (χ3n) is 3.15. The van der Waals surface area contributed by atoms with Gasteiger partial charge in [0.2, 0.25) is 0 Å². The van der Waals surface area contributed by atoms with E-state index >= 15 is 0 Å². The van der Waals surface area contributed by atoms with Gasteiger partial charge in [0.1, 0.15) is 0 Å². The molecule has 0 spiro atoms. The summed E-state index contributed by atoms with van der Waals surface area (Å²) in [5.41, 5.74) is 2.31. The molecule has 1 atom stereocenters. The Kier molecular flexibility index (Phi) is 6.38. The molecule has 2 aromatic rings. The summed E-state index contributed by atoms with van der Waals surface area (Å²) in [6.07, 6.45) is 0.845. The van der Waals surface area contributed by atoms with Gasteiger partial charge in [0.05, 0.1) is 13.2 Å². The first kappa shape index (κ1) is 15.4. The average molecular weight is 309 g/mol. The van der Waals surface area contributed by atoms with Crippen molar-refractivity contribution in [1.29, 1.82) is 0 Å². The highest BCUT2D eigenvalue weighted by molar-refractivity contribution is 6.31. The van der Waals surface area contributed by atoms with Gasteiger partial charge in [-0.15, -0.1) is 11.6 Å². The second-order valence-corrected chi connectivity index (χ2v) is 5.53. The van der Waals surface area contributed by atoms with Crippen LogP contribution in [0.3, 0.4) is 0 Å². The largest absolute Gasteiger partial charge is 0.376 e. The first-order valence-corrected chi connectivity index (χ1v) is 7.62. The van der Waals surface area contributed by atoms with Crippen LogP contribution in [-0.4, -0.2) is 12.5 Å². The van der Waals surface area contributed by atoms with E-state index in [0.717, 1.165) is 17.0 Å². The van der Waals surface area contributed by atoms with E-state index in [1.807, 2.05) is 42.5 Å². The highest BCUT2D eigenvalue weighted by atomic mass is 35.5. The lowest BCUT2D eigenvalue weighted by atomic mass is 10.0. The van der Waals surface area contributed by atoms with E-state index in [-0.39, 0.29) is 5.92 Å². The Hall–Kier alpha value is -1.02. The number of halogens is 2. The van der Waals surface area contributed by atoms with Crippen molar-refractivity contribution in [2.24, 2.45) is 5.92 Å². The lowest BCUT2D eigenvalue weighted by Crippen LogP contribution is -2.14. The molecular weight excluding hydrogens is 291 g/mol. The first-order valence-electron chi connectivity index (χ1n) is 6.70. The summed E-state index contributed by atoms with van der Waals surface area (Å²) in [6.45, 7) is 1.26. The van der Waals surface area contributed by atoms with Crippen LogP contribution in [0.1, 0.15) is 11.1 Å². The Morgan fingerprint density at radius 3 is 2.35 bits per heavy atom. The number of rotatable bonds is 7. The Morgan fingerprint density at radius 2 is 1.65 bits per heavy atom. The van der Waals surface area contributed by atoms with Gasteiger partial charge in [-0.3, -0.25) is 0 Å². The average Bonchev–Trinajstić information content (AvgIpc) is 2.49. The molecule has 0 aromatic heterocycles. The van der Waals surface area contributed by atoms with Crippen LogP contribution in [0, 0.1) is 5.92 Å². The molecule has 0 bridgehead atoms. The minimum atomic E-state index is 0.278. The van der Waals surface area contributed by atoms with Crippen molar-refractivity contribution in [3.8, 4) is 0 Å². The van der Waals surface area contributed by atoms with Crippen LogP contribution in [0.25, 0.3) is 0 Å². The van der Waals surface area contributed by atoms with Crippen LogP contribution in [0.15, 0.2) is 54.6 Å². The lowest BCUT2D eigenvalue weighted by molar-refractivity contribution is 0.0931. The standard InChI is InChI=1S/C17H18Cl2O/c18-11-15(10-16-8-4-5-9-17(16)19)13-20-12-14-6-2-1-3-7-14/h1-9,15H,10-13H2. The number of hydrogen-bond acceptors (Lipinski definition) is 1. The smallest absolute Gasteiger partial charge is 0.0717 e. The van der Waals surface area contributed by atoms with Crippen molar-refractivity contribution in [3.05, 3.63) is 70.7 Å². The second-order valence-electron chi connectivity index (χ2n) is 4.82. The zero-order valence-electron chi connectivity index (χ0n) is 11.3. The van der Waals surface area contributed by atoms with Crippen molar-refractivity contribution in [3.63, 3.8) is 0 Å². The molecule has 1 unspecified atom stereocenters. The van der Waals surface area contributed by atoms with Crippen LogP contribution < -0.4 is 0 Å². The number of benzene rings is 2. The summed E-state index contributed by atoms with van der Waals surface area (Å²) in [7, 11) is 0. The predicted octanol–water partition coefficient (Wildman–Crippen LogP) is 4.95. The van der Waals surface area contributed by atoms with Gasteiger partial charge >= 0.3 is 0 Å². The molecule has 0 saturated heterocycles. The van der Waals surface area contributed by atoms with E-state index in [4.69, 9.17) is 27.9 Å². The fraction of sp³-hybridized carbons (Fsp3) is 0.294. The molecule has 0 saturated carbocycles. The Bertz CT molecular complexity index is 513. The minimum absolute atomic E-state index is 0.278. The van der Waals surface area contributed by atoms with Crippen LogP contribution >= 0.6 is 23.2 Å². The Morgan fingerprint density at radius 1 is 0.950 bits per heavy atom. The summed E-state index contributed by atoms with van der Waals surface area (Å²) in [6, 6.07) is 18.0. The van der Waals surface area contributed by atoms with Crippen molar-refractivity contribution >= 4 is 23.2 Å². The van der Waals surface area contributed by atoms with Crippen molar-refractivity contribution in [2.45, 2.75) is 13.0 Å². The van der Waals surface area contributed by atoms with Gasteiger partial charge < -0.3 is 4.74 Å². The maximum absolute atomic E-state index is 6.17. The van der Waals surface area contributed by atoms with Gasteiger partial charge in [-0.1, -0.05) is 60.1 Å². The highest BCUT2D eigenvalue weighted by Crippen LogP contribution is 2.20. The molecular formula is C17H18Cl2O. The lowest BCUT2D eigenvalue weighted by Gasteiger charge is -2.15. The van der Waals surface area contributed by atoms with Crippen molar-refractivity contribution < 1.29 is 4.74 Å². The summed E-state index contributed by atoms with van der Waals surface area (Å²) >= 11 is 12.2. The molecule has 0 aliphatic heterocycles. The summed E-state index contributed by atoms with van der Waals surface area (Å²) in [5, 5.41) is 0.797. The molecule has 2 aromatic carbocycles. The van der Waals surface area contributed by atoms with Gasteiger partial charge in [-0.2, -0.15) is 0 Å². The first-order chi connectivity index (χ1) is 9.79. The second kappa shape index (κ2) is 8.31. The third-order valence-corrected chi connectivity index (χ3v) is 3.95. The summed E-state index contributed by atoms with van der Waals surface area (Å²) in [4.78, 5) is 0. The summed E-state index contributed by atoms with van der Waals surface area (Å²) in [5.74, 6) is 0.847. The van der Waals surface area contributed by atoms with E-state index in [9.17, 15) is 0 Å². The van der Waals surface area contributed by atoms with E-state index < -0.39 is 0 Å².